The number of nitriles is 1. The van der Waals surface area contributed by atoms with Gasteiger partial charge in [-0.1, -0.05) is 11.8 Å². The van der Waals surface area contributed by atoms with Crippen LogP contribution in [0.3, 0.4) is 0 Å². The molecule has 2 aromatic heterocycles. The Bertz CT molecular complexity index is 1260. The fraction of sp³-hybridized carbons (Fsp3) is 0.455. The molecule has 0 saturated carbocycles. The van der Waals surface area contributed by atoms with E-state index < -0.39 is 0 Å². The van der Waals surface area contributed by atoms with Crippen LogP contribution in [0.4, 0.5) is 0 Å². The quantitative estimate of drug-likeness (QED) is 0.476. The molecule has 4 heterocycles. The van der Waals surface area contributed by atoms with E-state index in [4.69, 9.17) is 25.1 Å². The van der Waals surface area contributed by atoms with Crippen LogP contribution in [0.15, 0.2) is 33.0 Å². The maximum Gasteiger partial charge on any atom is 0.231 e. The minimum Gasteiger partial charge on any atom is -0.454 e. The number of halogens is 1. The number of benzene rings is 1. The molecule has 0 amide bonds. The van der Waals surface area contributed by atoms with Gasteiger partial charge in [0.25, 0.3) is 0 Å². The molecule has 0 unspecified atom stereocenters. The van der Waals surface area contributed by atoms with Crippen LogP contribution in [0, 0.1) is 22.7 Å². The standard InChI is InChI=1S/C22H24BrN7O2S/c23-15-10-16-17(32-13-31-16)11-18(15)33-22-27-19-20(25)26-12-30(21(19)28-22)9-4-14-2-7-29(8-3-14)6-1-5-24/h10-12,14,25H,1-4,6-9,13H2,(H,27,28). The van der Waals surface area contributed by atoms with Crippen molar-refractivity contribution in [2.75, 3.05) is 26.4 Å². The number of hydrogen-bond donors (Lipinski definition) is 2. The molecule has 1 fully saturated rings. The largest absolute Gasteiger partial charge is 0.454 e. The van der Waals surface area contributed by atoms with Gasteiger partial charge in [0.15, 0.2) is 27.8 Å². The van der Waals surface area contributed by atoms with Gasteiger partial charge in [-0.05, 0) is 66.3 Å². The zero-order chi connectivity index (χ0) is 22.8. The third kappa shape index (κ3) is 4.88. The number of H-pyrrole nitrogens is 1. The first-order chi connectivity index (χ1) is 16.1. The topological polar surface area (TPSA) is 116 Å². The fourth-order valence-corrected chi connectivity index (χ4v) is 5.66. The first-order valence-corrected chi connectivity index (χ1v) is 12.6. The summed E-state index contributed by atoms with van der Waals surface area (Å²) in [6, 6.07) is 6.06. The SMILES string of the molecule is N#CCCN1CCC(CCn2cnc(=N)c3[nH]c(Sc4cc5c(cc4Br)OCO5)nc32)CC1. The molecular formula is C22H24BrN7O2S. The van der Waals surface area contributed by atoms with Gasteiger partial charge in [0.1, 0.15) is 5.52 Å². The summed E-state index contributed by atoms with van der Waals surface area (Å²) < 4.78 is 13.9. The molecule has 0 radical (unpaired) electrons. The van der Waals surface area contributed by atoms with Crippen LogP contribution in [0.1, 0.15) is 25.7 Å². The van der Waals surface area contributed by atoms with Crippen molar-refractivity contribution in [3.8, 4) is 17.6 Å². The number of fused-ring (bicyclic) bond motifs is 2. The fourth-order valence-electron chi connectivity index (χ4n) is 4.28. The van der Waals surface area contributed by atoms with Crippen molar-refractivity contribution in [1.82, 2.24) is 24.4 Å². The van der Waals surface area contributed by atoms with Crippen LogP contribution in [0.25, 0.3) is 11.2 Å². The van der Waals surface area contributed by atoms with Crippen LogP contribution in [-0.4, -0.2) is 50.8 Å². The van der Waals surface area contributed by atoms with Crippen molar-refractivity contribution in [2.24, 2.45) is 5.92 Å². The minimum absolute atomic E-state index is 0.191. The van der Waals surface area contributed by atoms with Crippen molar-refractivity contribution in [3.63, 3.8) is 0 Å². The summed E-state index contributed by atoms with van der Waals surface area (Å²) in [7, 11) is 0. The predicted molar refractivity (Wildman–Crippen MR) is 126 cm³/mol. The van der Waals surface area contributed by atoms with Crippen molar-refractivity contribution in [1.29, 1.82) is 10.7 Å². The lowest BCUT2D eigenvalue weighted by Gasteiger charge is -2.31. The Morgan fingerprint density at radius 1 is 1.24 bits per heavy atom. The van der Waals surface area contributed by atoms with E-state index in [2.05, 4.69) is 36.9 Å². The molecule has 0 bridgehead atoms. The van der Waals surface area contributed by atoms with Crippen molar-refractivity contribution < 1.29 is 9.47 Å². The average Bonchev–Trinajstić information content (AvgIpc) is 3.45. The summed E-state index contributed by atoms with van der Waals surface area (Å²) in [6.45, 7) is 4.04. The maximum absolute atomic E-state index is 8.78. The lowest BCUT2D eigenvalue weighted by Crippen LogP contribution is -2.34. The first-order valence-electron chi connectivity index (χ1n) is 11.0. The van der Waals surface area contributed by atoms with E-state index in [-0.39, 0.29) is 12.3 Å². The third-order valence-corrected chi connectivity index (χ3v) is 8.02. The number of aromatic nitrogens is 4. The van der Waals surface area contributed by atoms with Gasteiger partial charge in [-0.25, -0.2) is 9.97 Å². The summed E-state index contributed by atoms with van der Waals surface area (Å²) in [5.74, 6) is 2.09. The highest BCUT2D eigenvalue weighted by Gasteiger charge is 2.20. The number of aromatic amines is 1. The molecule has 3 aromatic rings. The molecule has 2 aliphatic heterocycles. The van der Waals surface area contributed by atoms with E-state index in [0.717, 1.165) is 66.2 Å². The Morgan fingerprint density at radius 2 is 2.03 bits per heavy atom. The molecular weight excluding hydrogens is 506 g/mol. The van der Waals surface area contributed by atoms with E-state index in [1.165, 1.54) is 11.8 Å². The molecule has 0 spiro atoms. The average molecular weight is 530 g/mol. The normalized spacial score (nSPS) is 16.4. The van der Waals surface area contributed by atoms with Crippen molar-refractivity contribution >= 4 is 38.9 Å². The highest BCUT2D eigenvalue weighted by atomic mass is 79.9. The van der Waals surface area contributed by atoms with Crippen LogP contribution in [-0.2, 0) is 6.54 Å². The minimum atomic E-state index is 0.191. The number of imidazole rings is 1. The number of nitrogens with one attached hydrogen (secondary N) is 2. The van der Waals surface area contributed by atoms with Gasteiger partial charge in [0.05, 0.1) is 12.4 Å². The smallest absolute Gasteiger partial charge is 0.231 e. The van der Waals surface area contributed by atoms with Crippen molar-refractivity contribution in [2.45, 2.75) is 42.3 Å². The van der Waals surface area contributed by atoms with E-state index in [0.29, 0.717) is 28.8 Å². The molecule has 33 heavy (non-hydrogen) atoms. The second kappa shape index (κ2) is 9.75. The molecule has 1 saturated heterocycles. The van der Waals surface area contributed by atoms with Gasteiger partial charge in [-0.2, -0.15) is 5.26 Å². The maximum atomic E-state index is 8.78. The molecule has 2 N–H and O–H groups in total. The summed E-state index contributed by atoms with van der Waals surface area (Å²) in [6.07, 6.45) is 5.68. The first kappa shape index (κ1) is 22.3. The second-order valence-electron chi connectivity index (χ2n) is 8.25. The van der Waals surface area contributed by atoms with Crippen LogP contribution in [0.2, 0.25) is 0 Å². The van der Waals surface area contributed by atoms with Gasteiger partial charge in [-0.3, -0.25) is 5.41 Å². The number of ether oxygens (including phenoxy) is 2. The summed E-state index contributed by atoms with van der Waals surface area (Å²) in [5.41, 5.74) is 1.58. The number of nitrogens with zero attached hydrogens (tertiary/aromatic N) is 5. The van der Waals surface area contributed by atoms with Gasteiger partial charge in [0, 0.05) is 28.9 Å². The van der Waals surface area contributed by atoms with E-state index >= 15 is 0 Å². The lowest BCUT2D eigenvalue weighted by molar-refractivity contribution is 0.174. The lowest BCUT2D eigenvalue weighted by atomic mass is 9.93. The monoisotopic (exact) mass is 529 g/mol. The number of aryl methyl sites for hydroxylation is 1. The van der Waals surface area contributed by atoms with Crippen LogP contribution in [0.5, 0.6) is 11.5 Å². The Kier molecular flexibility index (Phi) is 6.57. The van der Waals surface area contributed by atoms with Gasteiger partial charge < -0.3 is 23.9 Å². The highest BCUT2D eigenvalue weighted by Crippen LogP contribution is 2.42. The summed E-state index contributed by atoms with van der Waals surface area (Å²) >= 11 is 5.07. The van der Waals surface area contributed by atoms with Crippen LogP contribution < -0.4 is 15.0 Å². The summed E-state index contributed by atoms with van der Waals surface area (Å²) in [4.78, 5) is 15.7. The van der Waals surface area contributed by atoms with Gasteiger partial charge in [-0.15, -0.1) is 0 Å². The molecule has 172 valence electrons. The molecule has 9 nitrogen and oxygen atoms in total. The number of hydrogen-bond acceptors (Lipinski definition) is 8. The predicted octanol–water partition coefficient (Wildman–Crippen LogP) is 3.90. The molecule has 0 aliphatic carbocycles. The number of likely N-dealkylation sites (tertiary alicyclic amines) is 1. The number of rotatable bonds is 7. The molecule has 2 aliphatic rings. The molecule has 5 rings (SSSR count). The third-order valence-electron chi connectivity index (χ3n) is 6.16. The van der Waals surface area contributed by atoms with E-state index in [1.54, 1.807) is 6.33 Å². The van der Waals surface area contributed by atoms with Crippen molar-refractivity contribution in [3.05, 3.63) is 28.4 Å². The number of piperidine rings is 1. The summed E-state index contributed by atoms with van der Waals surface area (Å²) in [5, 5.41) is 17.7. The van der Waals surface area contributed by atoms with E-state index in [9.17, 15) is 0 Å². The Balaban J connectivity index is 1.29. The zero-order valence-corrected chi connectivity index (χ0v) is 20.4. The highest BCUT2D eigenvalue weighted by molar-refractivity contribution is 9.10. The van der Waals surface area contributed by atoms with E-state index in [1.807, 2.05) is 16.7 Å². The van der Waals surface area contributed by atoms with Gasteiger partial charge in [0.2, 0.25) is 6.79 Å². The van der Waals surface area contributed by atoms with Crippen LogP contribution >= 0.6 is 27.7 Å². The molecule has 11 heteroatoms. The second-order valence-corrected chi connectivity index (χ2v) is 10.1. The molecule has 0 atom stereocenters. The zero-order valence-electron chi connectivity index (χ0n) is 18.0. The Morgan fingerprint density at radius 3 is 2.82 bits per heavy atom. The molecule has 1 aromatic carbocycles. The Labute approximate surface area is 203 Å². The Hall–Kier alpha value is -2.55. The van der Waals surface area contributed by atoms with Gasteiger partial charge >= 0.3 is 0 Å².